The molecule has 0 unspecified atom stereocenters. The predicted octanol–water partition coefficient (Wildman–Crippen LogP) is 0.434. The van der Waals surface area contributed by atoms with Crippen LogP contribution in [0.1, 0.15) is 6.92 Å². The first kappa shape index (κ1) is 17.8. The van der Waals surface area contributed by atoms with Gasteiger partial charge >= 0.3 is 5.97 Å². The fraction of sp³-hybridized carbons (Fsp3) is 0.625. The zero-order valence-corrected chi connectivity index (χ0v) is 13.2. The van der Waals surface area contributed by atoms with Gasteiger partial charge in [-0.15, -0.1) is 0 Å². The summed E-state index contributed by atoms with van der Waals surface area (Å²) in [7, 11) is 0. The summed E-state index contributed by atoms with van der Waals surface area (Å²) in [5.74, 6) is -0.872. The highest BCUT2D eigenvalue weighted by atomic mass is 16.6. The third-order valence-electron chi connectivity index (χ3n) is 3.35. The quantitative estimate of drug-likeness (QED) is 0.647. The van der Waals surface area contributed by atoms with Crippen LogP contribution in [-0.2, 0) is 33.3 Å². The van der Waals surface area contributed by atoms with Crippen molar-refractivity contribution >= 4 is 11.8 Å². The van der Waals surface area contributed by atoms with Gasteiger partial charge in [-0.25, -0.2) is 0 Å². The van der Waals surface area contributed by atoms with Crippen LogP contribution in [-0.4, -0.2) is 70.2 Å². The van der Waals surface area contributed by atoms with Crippen LogP contribution in [0.15, 0.2) is 23.8 Å². The first-order valence-electron chi connectivity index (χ1n) is 7.58. The van der Waals surface area contributed by atoms with Crippen LogP contribution in [0, 0.1) is 0 Å². The summed E-state index contributed by atoms with van der Waals surface area (Å²) < 4.78 is 26.9. The molecule has 0 spiro atoms. The molecule has 1 aliphatic heterocycles. The number of allylic oxidation sites excluding steroid dienone is 2. The van der Waals surface area contributed by atoms with Gasteiger partial charge in [0.05, 0.1) is 52.9 Å². The van der Waals surface area contributed by atoms with E-state index in [2.05, 4.69) is 0 Å². The Morgan fingerprint density at radius 1 is 1.04 bits per heavy atom. The maximum Gasteiger partial charge on any atom is 0.304 e. The second kappa shape index (κ2) is 8.93. The average molecular weight is 326 g/mol. The molecular weight excluding hydrogens is 304 g/mol. The number of fused-ring (bicyclic) bond motifs is 2. The number of esters is 1. The molecule has 2 bridgehead atoms. The number of Topliss-reactive ketones (excluding diaryl/α,β-unsaturated/α-hetero) is 1. The van der Waals surface area contributed by atoms with Crippen LogP contribution in [0.3, 0.4) is 0 Å². The highest BCUT2D eigenvalue weighted by molar-refractivity contribution is 6.06. The molecule has 0 radical (unpaired) electrons. The molecule has 0 aromatic heterocycles. The van der Waals surface area contributed by atoms with Gasteiger partial charge < -0.3 is 23.7 Å². The van der Waals surface area contributed by atoms with Gasteiger partial charge in [0.1, 0.15) is 0 Å². The topological polar surface area (TPSA) is 80.3 Å². The summed E-state index contributed by atoms with van der Waals surface area (Å²) >= 11 is 0. The Bertz CT molecular complexity index is 483. The van der Waals surface area contributed by atoms with Crippen molar-refractivity contribution in [3.8, 4) is 0 Å². The van der Waals surface area contributed by atoms with Crippen molar-refractivity contribution in [3.05, 3.63) is 23.8 Å². The van der Waals surface area contributed by atoms with Crippen molar-refractivity contribution in [1.82, 2.24) is 0 Å². The van der Waals surface area contributed by atoms with E-state index in [1.165, 1.54) is 6.92 Å². The summed E-state index contributed by atoms with van der Waals surface area (Å²) in [6.45, 7) is 3.73. The minimum atomic E-state index is -1.43. The van der Waals surface area contributed by atoms with Gasteiger partial charge in [-0.3, -0.25) is 9.59 Å². The summed E-state index contributed by atoms with van der Waals surface area (Å²) in [6, 6.07) is 0. The van der Waals surface area contributed by atoms with Crippen LogP contribution in [0.2, 0.25) is 0 Å². The second-order valence-electron chi connectivity index (χ2n) is 5.19. The van der Waals surface area contributed by atoms with E-state index in [0.29, 0.717) is 45.2 Å². The second-order valence-corrected chi connectivity index (χ2v) is 5.19. The van der Waals surface area contributed by atoms with Crippen LogP contribution in [0.5, 0.6) is 0 Å². The number of ether oxygens (including phenoxy) is 5. The first-order chi connectivity index (χ1) is 11.1. The van der Waals surface area contributed by atoms with E-state index < -0.39 is 11.6 Å². The van der Waals surface area contributed by atoms with E-state index in [1.807, 2.05) is 0 Å². The Labute approximate surface area is 135 Å². The molecule has 0 aromatic rings. The van der Waals surface area contributed by atoms with Gasteiger partial charge in [0, 0.05) is 12.5 Å². The third kappa shape index (κ3) is 5.24. The Balaban J connectivity index is 2.10. The van der Waals surface area contributed by atoms with Gasteiger partial charge in [0.25, 0.3) is 0 Å². The minimum absolute atomic E-state index is 0.0564. The standard InChI is InChI=1S/C16H22O7/c1-13(17)23-16-4-2-3-14(15(16)18)11-21-9-7-19-5-6-20-8-10-22-12-16/h2-4H,5-12H2,1H3/t16-/m1/s1. The molecule has 0 N–H and O–H groups in total. The van der Waals surface area contributed by atoms with E-state index in [0.717, 1.165) is 0 Å². The molecule has 1 saturated heterocycles. The van der Waals surface area contributed by atoms with E-state index in [1.54, 1.807) is 18.2 Å². The van der Waals surface area contributed by atoms with Gasteiger partial charge in [0.2, 0.25) is 11.4 Å². The Morgan fingerprint density at radius 3 is 2.30 bits per heavy atom. The molecule has 2 aliphatic rings. The molecule has 0 saturated carbocycles. The molecule has 1 aliphatic carbocycles. The van der Waals surface area contributed by atoms with Gasteiger partial charge in [-0.1, -0.05) is 12.2 Å². The lowest BCUT2D eigenvalue weighted by Crippen LogP contribution is -2.48. The molecule has 0 aromatic carbocycles. The molecule has 1 fully saturated rings. The van der Waals surface area contributed by atoms with Gasteiger partial charge in [-0.05, 0) is 6.08 Å². The Hall–Kier alpha value is -1.54. The fourth-order valence-electron chi connectivity index (χ4n) is 2.30. The third-order valence-corrected chi connectivity index (χ3v) is 3.35. The zero-order chi connectivity index (χ0) is 16.5. The summed E-state index contributed by atoms with van der Waals surface area (Å²) in [6.07, 6.45) is 4.88. The number of carbonyl (C=O) groups excluding carboxylic acids is 2. The molecular formula is C16H22O7. The van der Waals surface area contributed by atoms with Crippen LogP contribution in [0.4, 0.5) is 0 Å². The van der Waals surface area contributed by atoms with Crippen molar-refractivity contribution in [2.24, 2.45) is 0 Å². The lowest BCUT2D eigenvalue weighted by Gasteiger charge is -2.31. The molecule has 7 heteroatoms. The molecule has 1 atom stereocenters. The van der Waals surface area contributed by atoms with Crippen LogP contribution >= 0.6 is 0 Å². The number of hydrogen-bond acceptors (Lipinski definition) is 7. The molecule has 23 heavy (non-hydrogen) atoms. The van der Waals surface area contributed by atoms with E-state index >= 15 is 0 Å². The lowest BCUT2D eigenvalue weighted by molar-refractivity contribution is -0.165. The smallest absolute Gasteiger partial charge is 0.304 e. The molecule has 1 heterocycles. The largest absolute Gasteiger partial charge is 0.444 e. The minimum Gasteiger partial charge on any atom is -0.444 e. The summed E-state index contributed by atoms with van der Waals surface area (Å²) in [5, 5.41) is 0. The summed E-state index contributed by atoms with van der Waals surface area (Å²) in [4.78, 5) is 24.1. The maximum absolute atomic E-state index is 12.7. The Morgan fingerprint density at radius 2 is 1.65 bits per heavy atom. The van der Waals surface area contributed by atoms with Gasteiger partial charge in [0.15, 0.2) is 0 Å². The first-order valence-corrected chi connectivity index (χ1v) is 7.58. The van der Waals surface area contributed by atoms with Crippen molar-refractivity contribution in [3.63, 3.8) is 0 Å². The van der Waals surface area contributed by atoms with Crippen LogP contribution in [0.25, 0.3) is 0 Å². The zero-order valence-electron chi connectivity index (χ0n) is 13.2. The van der Waals surface area contributed by atoms with E-state index in [-0.39, 0.29) is 19.0 Å². The molecule has 128 valence electrons. The SMILES string of the molecule is CC(=O)O[C@]12C=CC=C(COCCOCCOCCOC1)C2=O. The maximum atomic E-state index is 12.7. The van der Waals surface area contributed by atoms with Crippen LogP contribution < -0.4 is 0 Å². The highest BCUT2D eigenvalue weighted by Crippen LogP contribution is 2.25. The van der Waals surface area contributed by atoms with Crippen molar-refractivity contribution in [2.45, 2.75) is 12.5 Å². The number of rotatable bonds is 1. The van der Waals surface area contributed by atoms with E-state index in [4.69, 9.17) is 23.7 Å². The monoisotopic (exact) mass is 326 g/mol. The number of hydrogen-bond donors (Lipinski definition) is 0. The number of ketones is 1. The molecule has 7 nitrogen and oxygen atoms in total. The molecule has 2 rings (SSSR count). The average Bonchev–Trinajstić information content (AvgIpc) is 2.51. The van der Waals surface area contributed by atoms with Gasteiger partial charge in [-0.2, -0.15) is 0 Å². The molecule has 0 amide bonds. The predicted molar refractivity (Wildman–Crippen MR) is 80.0 cm³/mol. The summed E-state index contributed by atoms with van der Waals surface area (Å²) in [5.41, 5.74) is -1.00. The Kier molecular flexibility index (Phi) is 6.91. The lowest BCUT2D eigenvalue weighted by atomic mass is 9.88. The fourth-order valence-corrected chi connectivity index (χ4v) is 2.30. The number of carbonyl (C=O) groups is 2. The van der Waals surface area contributed by atoms with Crippen molar-refractivity contribution in [2.75, 3.05) is 52.9 Å². The van der Waals surface area contributed by atoms with E-state index in [9.17, 15) is 9.59 Å². The van der Waals surface area contributed by atoms with Crippen molar-refractivity contribution < 1.29 is 33.3 Å². The normalized spacial score (nSPS) is 27.5. The highest BCUT2D eigenvalue weighted by Gasteiger charge is 2.42. The van der Waals surface area contributed by atoms with Crippen molar-refractivity contribution in [1.29, 1.82) is 0 Å².